The third kappa shape index (κ3) is 2.92. The van der Waals surface area contributed by atoms with Gasteiger partial charge in [0.05, 0.1) is 10.0 Å². The second-order valence-electron chi connectivity index (χ2n) is 4.34. The van der Waals surface area contributed by atoms with Gasteiger partial charge in [-0.05, 0) is 43.3 Å². The summed E-state index contributed by atoms with van der Waals surface area (Å²) in [6.45, 7) is 2.01. The molecule has 0 saturated heterocycles. The van der Waals surface area contributed by atoms with Gasteiger partial charge in [0.25, 0.3) is 0 Å². The van der Waals surface area contributed by atoms with Gasteiger partial charge in [-0.1, -0.05) is 41.4 Å². The van der Waals surface area contributed by atoms with E-state index in [9.17, 15) is 4.39 Å². The van der Waals surface area contributed by atoms with E-state index in [0.717, 1.165) is 16.7 Å². The Hall–Kier alpha value is -1.09. The smallest absolute Gasteiger partial charge is 0.123 e. The summed E-state index contributed by atoms with van der Waals surface area (Å²) in [5, 5.41) is 4.05. The first-order valence-corrected chi connectivity index (χ1v) is 6.71. The van der Waals surface area contributed by atoms with Gasteiger partial charge in [-0.25, -0.2) is 4.39 Å². The molecule has 0 radical (unpaired) electrons. The van der Waals surface area contributed by atoms with Gasteiger partial charge in [0.15, 0.2) is 0 Å². The number of benzene rings is 2. The van der Waals surface area contributed by atoms with E-state index in [1.807, 2.05) is 26.1 Å². The van der Waals surface area contributed by atoms with Gasteiger partial charge in [0, 0.05) is 11.6 Å². The lowest BCUT2D eigenvalue weighted by molar-refractivity contribution is 0.620. The summed E-state index contributed by atoms with van der Waals surface area (Å²) in [6.07, 6.45) is 0. The van der Waals surface area contributed by atoms with Gasteiger partial charge in [0.2, 0.25) is 0 Å². The van der Waals surface area contributed by atoms with E-state index in [0.29, 0.717) is 10.0 Å². The average molecular weight is 298 g/mol. The second-order valence-corrected chi connectivity index (χ2v) is 5.13. The summed E-state index contributed by atoms with van der Waals surface area (Å²) in [4.78, 5) is 0. The molecule has 0 aliphatic rings. The van der Waals surface area contributed by atoms with E-state index in [2.05, 4.69) is 5.32 Å². The molecule has 19 heavy (non-hydrogen) atoms. The largest absolute Gasteiger partial charge is 0.313 e. The standard InChI is InChI=1S/C15H14Cl2FN/c1-9(19-2)11-7-6-10(18)8-13(11)12-4-3-5-14(16)15(12)17/h3-9,19H,1-2H3. The average Bonchev–Trinajstić information content (AvgIpc) is 2.41. The molecule has 0 aliphatic carbocycles. The fraction of sp³-hybridized carbons (Fsp3) is 0.200. The molecule has 2 aromatic rings. The fourth-order valence-electron chi connectivity index (χ4n) is 2.01. The van der Waals surface area contributed by atoms with Crippen LogP contribution in [0.25, 0.3) is 11.1 Å². The van der Waals surface area contributed by atoms with E-state index in [-0.39, 0.29) is 11.9 Å². The van der Waals surface area contributed by atoms with Crippen LogP contribution in [0.5, 0.6) is 0 Å². The molecule has 0 aromatic heterocycles. The first-order chi connectivity index (χ1) is 9.04. The number of rotatable bonds is 3. The van der Waals surface area contributed by atoms with Crippen LogP contribution in [-0.4, -0.2) is 7.05 Å². The highest BCUT2D eigenvalue weighted by Gasteiger charge is 2.15. The summed E-state index contributed by atoms with van der Waals surface area (Å²) in [7, 11) is 1.86. The predicted molar refractivity (Wildman–Crippen MR) is 79.3 cm³/mol. The third-order valence-electron chi connectivity index (χ3n) is 3.16. The monoisotopic (exact) mass is 297 g/mol. The molecule has 0 heterocycles. The SMILES string of the molecule is CNC(C)c1ccc(F)cc1-c1cccc(Cl)c1Cl. The minimum absolute atomic E-state index is 0.0886. The molecule has 2 aromatic carbocycles. The van der Waals surface area contributed by atoms with Gasteiger partial charge >= 0.3 is 0 Å². The minimum atomic E-state index is -0.293. The normalized spacial score (nSPS) is 12.5. The fourth-order valence-corrected chi connectivity index (χ4v) is 2.41. The highest BCUT2D eigenvalue weighted by atomic mass is 35.5. The maximum atomic E-state index is 13.5. The topological polar surface area (TPSA) is 12.0 Å². The molecule has 1 atom stereocenters. The van der Waals surface area contributed by atoms with Gasteiger partial charge < -0.3 is 5.32 Å². The predicted octanol–water partition coefficient (Wildman–Crippen LogP) is 5.08. The summed E-state index contributed by atoms with van der Waals surface area (Å²) in [5.74, 6) is -0.293. The molecular weight excluding hydrogens is 284 g/mol. The van der Waals surface area contributed by atoms with Crippen molar-refractivity contribution < 1.29 is 4.39 Å². The molecule has 100 valence electrons. The maximum absolute atomic E-state index is 13.5. The maximum Gasteiger partial charge on any atom is 0.123 e. The Balaban J connectivity index is 2.66. The van der Waals surface area contributed by atoms with E-state index in [4.69, 9.17) is 23.2 Å². The molecule has 1 nitrogen and oxygen atoms in total. The lowest BCUT2D eigenvalue weighted by Crippen LogP contribution is -2.13. The summed E-state index contributed by atoms with van der Waals surface area (Å²) >= 11 is 12.3. The van der Waals surface area contributed by atoms with Crippen LogP contribution in [0.4, 0.5) is 4.39 Å². The van der Waals surface area contributed by atoms with Crippen LogP contribution >= 0.6 is 23.2 Å². The number of nitrogens with one attached hydrogen (secondary N) is 1. The zero-order valence-electron chi connectivity index (χ0n) is 10.7. The first kappa shape index (κ1) is 14.3. The minimum Gasteiger partial charge on any atom is -0.313 e. The van der Waals surface area contributed by atoms with Crippen LogP contribution in [0, 0.1) is 5.82 Å². The number of halogens is 3. The Morgan fingerprint density at radius 1 is 1.11 bits per heavy atom. The van der Waals surface area contributed by atoms with Crippen molar-refractivity contribution in [3.63, 3.8) is 0 Å². The Bertz CT molecular complexity index is 599. The van der Waals surface area contributed by atoms with Gasteiger partial charge in [-0.3, -0.25) is 0 Å². The van der Waals surface area contributed by atoms with Crippen LogP contribution in [-0.2, 0) is 0 Å². The van der Waals surface area contributed by atoms with Crippen LogP contribution < -0.4 is 5.32 Å². The van der Waals surface area contributed by atoms with Crippen molar-refractivity contribution in [1.82, 2.24) is 5.32 Å². The van der Waals surface area contributed by atoms with Crippen LogP contribution in [0.1, 0.15) is 18.5 Å². The molecule has 1 N–H and O–H groups in total. The first-order valence-electron chi connectivity index (χ1n) is 5.95. The van der Waals surface area contributed by atoms with Crippen LogP contribution in [0.15, 0.2) is 36.4 Å². The Morgan fingerprint density at radius 3 is 2.53 bits per heavy atom. The Labute approximate surface area is 122 Å². The quantitative estimate of drug-likeness (QED) is 0.833. The number of hydrogen-bond donors (Lipinski definition) is 1. The van der Waals surface area contributed by atoms with E-state index in [1.54, 1.807) is 12.1 Å². The molecule has 0 aliphatic heterocycles. The molecule has 4 heteroatoms. The zero-order valence-corrected chi connectivity index (χ0v) is 12.2. The molecule has 0 bridgehead atoms. The Kier molecular flexibility index (Phi) is 4.46. The van der Waals surface area contributed by atoms with Gasteiger partial charge in [0.1, 0.15) is 5.82 Å². The van der Waals surface area contributed by atoms with Crippen LogP contribution in [0.2, 0.25) is 10.0 Å². The highest BCUT2D eigenvalue weighted by molar-refractivity contribution is 6.43. The van der Waals surface area contributed by atoms with Crippen molar-refractivity contribution >= 4 is 23.2 Å². The van der Waals surface area contributed by atoms with Gasteiger partial charge in [-0.15, -0.1) is 0 Å². The van der Waals surface area contributed by atoms with Crippen molar-refractivity contribution in [2.24, 2.45) is 0 Å². The molecule has 0 spiro atoms. The van der Waals surface area contributed by atoms with E-state index in [1.165, 1.54) is 12.1 Å². The molecule has 1 unspecified atom stereocenters. The zero-order chi connectivity index (χ0) is 14.0. The second kappa shape index (κ2) is 5.91. The van der Waals surface area contributed by atoms with Crippen molar-refractivity contribution in [1.29, 1.82) is 0 Å². The summed E-state index contributed by atoms with van der Waals surface area (Å²) in [5.41, 5.74) is 2.48. The Morgan fingerprint density at radius 2 is 1.84 bits per heavy atom. The molecule has 0 saturated carbocycles. The third-order valence-corrected chi connectivity index (χ3v) is 3.98. The molecule has 0 fully saturated rings. The van der Waals surface area contributed by atoms with Crippen molar-refractivity contribution in [2.75, 3.05) is 7.05 Å². The van der Waals surface area contributed by atoms with E-state index >= 15 is 0 Å². The number of hydrogen-bond acceptors (Lipinski definition) is 1. The summed E-state index contributed by atoms with van der Waals surface area (Å²) in [6, 6.07) is 10.2. The lowest BCUT2D eigenvalue weighted by atomic mass is 9.95. The molecule has 0 amide bonds. The molecule has 2 rings (SSSR count). The van der Waals surface area contributed by atoms with Crippen molar-refractivity contribution in [3.8, 4) is 11.1 Å². The van der Waals surface area contributed by atoms with Gasteiger partial charge in [-0.2, -0.15) is 0 Å². The van der Waals surface area contributed by atoms with Crippen molar-refractivity contribution in [3.05, 3.63) is 57.8 Å². The molecular formula is C15H14Cl2FN. The van der Waals surface area contributed by atoms with E-state index < -0.39 is 0 Å². The van der Waals surface area contributed by atoms with Crippen molar-refractivity contribution in [2.45, 2.75) is 13.0 Å². The van der Waals surface area contributed by atoms with Crippen LogP contribution in [0.3, 0.4) is 0 Å². The lowest BCUT2D eigenvalue weighted by Gasteiger charge is -2.17. The highest BCUT2D eigenvalue weighted by Crippen LogP contribution is 2.37. The summed E-state index contributed by atoms with van der Waals surface area (Å²) < 4.78 is 13.5.